The van der Waals surface area contributed by atoms with Crippen molar-refractivity contribution >= 4 is 41.4 Å². The fourth-order valence-corrected chi connectivity index (χ4v) is 7.19. The van der Waals surface area contributed by atoms with E-state index < -0.39 is 17.1 Å². The van der Waals surface area contributed by atoms with Crippen LogP contribution in [0.15, 0.2) is 12.1 Å². The van der Waals surface area contributed by atoms with E-state index in [1.165, 1.54) is 26.2 Å². The highest BCUT2D eigenvalue weighted by molar-refractivity contribution is 8.00. The Morgan fingerprint density at radius 2 is 1.59 bits per heavy atom. The first-order valence-electron chi connectivity index (χ1n) is 17.9. The summed E-state index contributed by atoms with van der Waals surface area (Å²) in [4.78, 5) is 58.7. The Morgan fingerprint density at radius 3 is 2.22 bits per heavy atom. The number of methoxy groups -OCH3 is 1. The number of terminal acetylenes is 1. The van der Waals surface area contributed by atoms with Crippen molar-refractivity contribution in [3.8, 4) is 23.8 Å². The van der Waals surface area contributed by atoms with Crippen LogP contribution in [0.25, 0.3) is 0 Å². The van der Waals surface area contributed by atoms with E-state index in [9.17, 15) is 29.3 Å². The maximum absolute atomic E-state index is 12.2. The number of unbranched alkanes of at least 4 members (excludes halogenated alkanes) is 1. The van der Waals surface area contributed by atoms with Gasteiger partial charge in [-0.15, -0.1) is 6.42 Å². The third kappa shape index (κ3) is 15.8. The van der Waals surface area contributed by atoms with E-state index >= 15 is 0 Å². The molecule has 18 nitrogen and oxygen atoms in total. The minimum absolute atomic E-state index is 0.00365. The van der Waals surface area contributed by atoms with Crippen molar-refractivity contribution in [2.75, 3.05) is 78.7 Å². The fraction of sp³-hybridized carbons (Fsp3) is 0.657. The number of ether oxygens (including phenoxy) is 6. The van der Waals surface area contributed by atoms with Crippen LogP contribution in [0, 0.1) is 22.5 Å². The molecule has 19 heteroatoms. The van der Waals surface area contributed by atoms with Crippen LogP contribution >= 0.6 is 11.8 Å². The number of carbonyl (C=O) groups excluding carboxylic acids is 4. The SMILES string of the molecule is C#CCNC(=O)OC(C)c1cc(OC)c(OCCCC(=O)NCCOCCOCCOCCNC(=O)CCCC[C@@H]2SC[C@@H]3NC(=O)N[C@@H]32)cc1[N+](=O)[O-]. The summed E-state index contributed by atoms with van der Waals surface area (Å²) >= 11 is 1.88. The molecular formula is C35H52N6O12S. The number of nitro benzene ring substituents is 1. The van der Waals surface area contributed by atoms with Crippen molar-refractivity contribution in [1.82, 2.24) is 26.6 Å². The molecule has 4 atom stereocenters. The van der Waals surface area contributed by atoms with Gasteiger partial charge in [0.2, 0.25) is 11.8 Å². The van der Waals surface area contributed by atoms with E-state index in [0.717, 1.165) is 25.0 Å². The summed E-state index contributed by atoms with van der Waals surface area (Å²) in [6.07, 6.45) is 7.01. The van der Waals surface area contributed by atoms with Crippen LogP contribution in [0.3, 0.4) is 0 Å². The van der Waals surface area contributed by atoms with Crippen molar-refractivity contribution in [2.24, 2.45) is 0 Å². The van der Waals surface area contributed by atoms with Gasteiger partial charge in [0, 0.05) is 36.9 Å². The number of nitro groups is 1. The van der Waals surface area contributed by atoms with Gasteiger partial charge in [-0.1, -0.05) is 12.3 Å². The van der Waals surface area contributed by atoms with Crippen molar-refractivity contribution in [1.29, 1.82) is 0 Å². The molecule has 1 aromatic rings. The molecule has 3 rings (SSSR count). The molecule has 1 unspecified atom stereocenters. The van der Waals surface area contributed by atoms with Gasteiger partial charge in [-0.2, -0.15) is 11.8 Å². The minimum Gasteiger partial charge on any atom is -0.493 e. The number of urea groups is 1. The molecule has 2 heterocycles. The Bertz CT molecular complexity index is 1430. The molecule has 0 radical (unpaired) electrons. The Kier molecular flexibility index (Phi) is 20.1. The first kappa shape index (κ1) is 43.9. The molecule has 2 fully saturated rings. The van der Waals surface area contributed by atoms with E-state index in [1.54, 1.807) is 0 Å². The number of benzene rings is 1. The van der Waals surface area contributed by atoms with Crippen molar-refractivity contribution in [3.05, 3.63) is 27.8 Å². The smallest absolute Gasteiger partial charge is 0.408 e. The van der Waals surface area contributed by atoms with Crippen LogP contribution < -0.4 is 36.1 Å². The standard InChI is InChI=1S/C35H52N6O12S/c1-4-11-38-35(45)53-24(2)25-21-28(48-3)29(22-27(25)41(46)47)52-14-7-10-32(43)37-13-16-50-18-20-51-19-17-49-15-12-36-31(42)9-6-5-8-30-33-26(23-54-30)39-34(44)40-33/h1,21-22,24,26,30,33H,5-20,23H2,2-3H3,(H,36,42)(H,37,43)(H,38,45)(H2,39,40,44)/t24?,26-,30-,33-/m0/s1. The van der Waals surface area contributed by atoms with Crippen molar-refractivity contribution < 1.29 is 52.5 Å². The average Bonchev–Trinajstić information content (AvgIpc) is 3.71. The van der Waals surface area contributed by atoms with Crippen LogP contribution in [0.2, 0.25) is 0 Å². The molecule has 0 saturated carbocycles. The summed E-state index contributed by atoms with van der Waals surface area (Å²) in [5.41, 5.74) is -0.221. The lowest BCUT2D eigenvalue weighted by molar-refractivity contribution is -0.386. The monoisotopic (exact) mass is 780 g/mol. The van der Waals surface area contributed by atoms with E-state index in [2.05, 4.69) is 32.5 Å². The molecule has 5 N–H and O–H groups in total. The van der Waals surface area contributed by atoms with Crippen LogP contribution in [-0.4, -0.2) is 125 Å². The number of alkyl carbamates (subject to hydrolysis) is 1. The first-order chi connectivity index (χ1) is 26.1. The van der Waals surface area contributed by atoms with Gasteiger partial charge < -0.3 is 55.0 Å². The summed E-state index contributed by atoms with van der Waals surface area (Å²) in [5, 5.41) is 26.0. The largest absolute Gasteiger partial charge is 0.493 e. The number of nitrogens with zero attached hydrogens (tertiary/aromatic N) is 1. The molecule has 2 aliphatic heterocycles. The number of hydrogen-bond acceptors (Lipinski definition) is 13. The average molecular weight is 781 g/mol. The summed E-state index contributed by atoms with van der Waals surface area (Å²) in [7, 11) is 1.37. The fourth-order valence-electron chi connectivity index (χ4n) is 5.64. The van der Waals surface area contributed by atoms with E-state index in [4.69, 9.17) is 34.8 Å². The van der Waals surface area contributed by atoms with Gasteiger partial charge >= 0.3 is 12.1 Å². The number of hydrogen-bond donors (Lipinski definition) is 5. The van der Waals surface area contributed by atoms with Crippen molar-refractivity contribution in [2.45, 2.75) is 68.9 Å². The number of amides is 5. The zero-order valence-corrected chi connectivity index (χ0v) is 31.6. The third-order valence-electron chi connectivity index (χ3n) is 8.33. The van der Waals surface area contributed by atoms with E-state index in [-0.39, 0.29) is 72.3 Å². The van der Waals surface area contributed by atoms with Gasteiger partial charge in [-0.05, 0) is 32.3 Å². The molecule has 2 aliphatic rings. The molecule has 300 valence electrons. The zero-order chi connectivity index (χ0) is 39.1. The quantitative estimate of drug-likeness (QED) is 0.0284. The maximum Gasteiger partial charge on any atom is 0.408 e. The molecule has 2 saturated heterocycles. The number of nitrogens with one attached hydrogen (secondary N) is 5. The predicted octanol–water partition coefficient (Wildman–Crippen LogP) is 2.19. The molecule has 0 bridgehead atoms. The van der Waals surface area contributed by atoms with Gasteiger partial charge in [0.25, 0.3) is 5.69 Å². The normalized spacial score (nSPS) is 17.6. The molecule has 0 spiro atoms. The van der Waals surface area contributed by atoms with E-state index in [1.807, 2.05) is 11.8 Å². The number of carbonyl (C=O) groups is 4. The van der Waals surface area contributed by atoms with Gasteiger partial charge in [0.1, 0.15) is 6.10 Å². The lowest BCUT2D eigenvalue weighted by Crippen LogP contribution is -2.36. The molecule has 0 aromatic heterocycles. The van der Waals surface area contributed by atoms with Crippen LogP contribution in [0.5, 0.6) is 11.5 Å². The summed E-state index contributed by atoms with van der Waals surface area (Å²) < 4.78 is 32.6. The molecule has 1 aromatic carbocycles. The summed E-state index contributed by atoms with van der Waals surface area (Å²) in [6, 6.07) is 2.90. The lowest BCUT2D eigenvalue weighted by Gasteiger charge is -2.17. The molecular weight excluding hydrogens is 728 g/mol. The number of thioether (sulfide) groups is 1. The van der Waals surface area contributed by atoms with Gasteiger partial charge in [0.15, 0.2) is 11.5 Å². The highest BCUT2D eigenvalue weighted by atomic mass is 32.2. The van der Waals surface area contributed by atoms with Crippen LogP contribution in [0.1, 0.15) is 57.1 Å². The second kappa shape index (κ2) is 24.7. The van der Waals surface area contributed by atoms with E-state index in [0.29, 0.717) is 70.8 Å². The van der Waals surface area contributed by atoms with Crippen molar-refractivity contribution in [3.63, 3.8) is 0 Å². The third-order valence-corrected chi connectivity index (χ3v) is 9.84. The second-order valence-electron chi connectivity index (χ2n) is 12.3. The number of fused-ring (bicyclic) bond motifs is 1. The summed E-state index contributed by atoms with van der Waals surface area (Å²) in [6.45, 7) is 4.45. The maximum atomic E-state index is 12.2. The van der Waals surface area contributed by atoms with Crippen LogP contribution in [-0.2, 0) is 28.5 Å². The lowest BCUT2D eigenvalue weighted by atomic mass is 10.0. The highest BCUT2D eigenvalue weighted by Gasteiger charge is 2.42. The Labute approximate surface area is 319 Å². The Balaban J connectivity index is 1.13. The zero-order valence-electron chi connectivity index (χ0n) is 30.8. The molecule has 54 heavy (non-hydrogen) atoms. The molecule has 5 amide bonds. The Hall–Kier alpha value is -4.51. The van der Waals surface area contributed by atoms with Gasteiger partial charge in [-0.25, -0.2) is 9.59 Å². The Morgan fingerprint density at radius 1 is 0.944 bits per heavy atom. The predicted molar refractivity (Wildman–Crippen MR) is 199 cm³/mol. The number of rotatable bonds is 27. The van der Waals surface area contributed by atoms with Gasteiger partial charge in [-0.3, -0.25) is 19.7 Å². The highest BCUT2D eigenvalue weighted by Crippen LogP contribution is 2.38. The minimum atomic E-state index is -0.982. The van der Waals surface area contributed by atoms with Gasteiger partial charge in [0.05, 0.1) is 88.5 Å². The second-order valence-corrected chi connectivity index (χ2v) is 13.6. The summed E-state index contributed by atoms with van der Waals surface area (Å²) in [5.74, 6) is 3.28. The first-order valence-corrected chi connectivity index (χ1v) is 19.0. The topological polar surface area (TPSA) is 227 Å². The molecule has 0 aliphatic carbocycles. The van der Waals surface area contributed by atoms with Crippen LogP contribution in [0.4, 0.5) is 15.3 Å².